The van der Waals surface area contributed by atoms with Crippen molar-refractivity contribution >= 4 is 23.1 Å². The van der Waals surface area contributed by atoms with Gasteiger partial charge in [0.25, 0.3) is 0 Å². The normalized spacial score (nSPS) is 15.4. The van der Waals surface area contributed by atoms with Crippen molar-refractivity contribution in [3.05, 3.63) is 16.1 Å². The van der Waals surface area contributed by atoms with Crippen LogP contribution in [0.25, 0.3) is 0 Å². The minimum absolute atomic E-state index is 0.184. The van der Waals surface area contributed by atoms with Crippen LogP contribution in [0, 0.1) is 0 Å². The highest BCUT2D eigenvalue weighted by atomic mass is 32.2. The van der Waals surface area contributed by atoms with Crippen LogP contribution < -0.4 is 5.73 Å². The average molecular weight is 230 g/mol. The molecule has 0 aliphatic rings. The molecule has 0 aliphatic heterocycles. The molecule has 1 aromatic rings. The molecular formula is C10H18N2S2. The van der Waals surface area contributed by atoms with Crippen LogP contribution in [0.2, 0.25) is 0 Å². The fourth-order valence-electron chi connectivity index (χ4n) is 1.06. The summed E-state index contributed by atoms with van der Waals surface area (Å²) < 4.78 is 0. The Morgan fingerprint density at radius 2 is 2.29 bits per heavy atom. The van der Waals surface area contributed by atoms with E-state index in [2.05, 4.69) is 24.2 Å². The highest BCUT2D eigenvalue weighted by Gasteiger charge is 2.13. The van der Waals surface area contributed by atoms with E-state index < -0.39 is 0 Å². The second kappa shape index (κ2) is 5.73. The lowest BCUT2D eigenvalue weighted by Gasteiger charge is -2.11. The second-order valence-electron chi connectivity index (χ2n) is 3.45. The van der Waals surface area contributed by atoms with Crippen LogP contribution in [0.3, 0.4) is 0 Å². The number of rotatable bonds is 5. The molecule has 2 atom stereocenters. The number of nitrogens with zero attached hydrogens (tertiary/aromatic N) is 1. The third kappa shape index (κ3) is 3.26. The van der Waals surface area contributed by atoms with E-state index in [-0.39, 0.29) is 6.04 Å². The van der Waals surface area contributed by atoms with E-state index in [1.807, 2.05) is 18.7 Å². The molecule has 0 radical (unpaired) electrons. The van der Waals surface area contributed by atoms with Crippen LogP contribution in [-0.4, -0.2) is 16.8 Å². The van der Waals surface area contributed by atoms with E-state index in [1.165, 1.54) is 5.01 Å². The summed E-state index contributed by atoms with van der Waals surface area (Å²) in [5.74, 6) is 2.55. The van der Waals surface area contributed by atoms with Crippen molar-refractivity contribution in [3.63, 3.8) is 0 Å². The summed E-state index contributed by atoms with van der Waals surface area (Å²) in [4.78, 5) is 4.59. The minimum Gasteiger partial charge on any atom is -0.327 e. The molecule has 0 amide bonds. The summed E-state index contributed by atoms with van der Waals surface area (Å²) in [6.45, 7) is 6.34. The van der Waals surface area contributed by atoms with E-state index in [1.54, 1.807) is 11.3 Å². The highest BCUT2D eigenvalue weighted by Crippen LogP contribution is 2.23. The van der Waals surface area contributed by atoms with Gasteiger partial charge in [-0.15, -0.1) is 11.3 Å². The molecular weight excluding hydrogens is 212 g/mol. The summed E-state index contributed by atoms with van der Waals surface area (Å²) in [5, 5.41) is 3.36. The maximum Gasteiger partial charge on any atom is 0.103 e. The van der Waals surface area contributed by atoms with Crippen LogP contribution in [0.4, 0.5) is 0 Å². The maximum atomic E-state index is 5.84. The molecule has 4 heteroatoms. The van der Waals surface area contributed by atoms with Gasteiger partial charge in [0.05, 0.1) is 5.69 Å². The molecule has 0 aliphatic carbocycles. The molecule has 2 unspecified atom stereocenters. The molecule has 2 N–H and O–H groups in total. The Balaban J connectivity index is 2.58. The first-order valence-electron chi connectivity index (χ1n) is 4.92. The van der Waals surface area contributed by atoms with Gasteiger partial charge in [0.2, 0.25) is 0 Å². The highest BCUT2D eigenvalue weighted by molar-refractivity contribution is 7.98. The Hall–Kier alpha value is -0.0600. The van der Waals surface area contributed by atoms with E-state index in [4.69, 9.17) is 5.73 Å². The fraction of sp³-hybridized carbons (Fsp3) is 0.700. The number of hydrogen-bond donors (Lipinski definition) is 1. The van der Waals surface area contributed by atoms with E-state index in [0.717, 1.165) is 17.2 Å². The topological polar surface area (TPSA) is 38.9 Å². The van der Waals surface area contributed by atoms with Crippen molar-refractivity contribution in [2.45, 2.75) is 38.5 Å². The van der Waals surface area contributed by atoms with Crippen molar-refractivity contribution in [3.8, 4) is 0 Å². The second-order valence-corrected chi connectivity index (χ2v) is 5.67. The molecule has 1 rings (SSSR count). The molecule has 1 heterocycles. The van der Waals surface area contributed by atoms with Gasteiger partial charge in [0, 0.05) is 23.1 Å². The standard InChI is InChI=1S/C10H18N2S2/c1-4-13-6-10-12-9(5-14-10)7(2)8(3)11/h5,7-8H,4,6,11H2,1-3H3. The summed E-state index contributed by atoms with van der Waals surface area (Å²) in [5.41, 5.74) is 6.99. The molecule has 0 fully saturated rings. The molecule has 14 heavy (non-hydrogen) atoms. The van der Waals surface area contributed by atoms with Gasteiger partial charge in [-0.25, -0.2) is 4.98 Å². The lowest BCUT2D eigenvalue weighted by Crippen LogP contribution is -2.22. The Labute approximate surface area is 94.3 Å². The zero-order valence-electron chi connectivity index (χ0n) is 8.99. The van der Waals surface area contributed by atoms with Gasteiger partial charge in [-0.1, -0.05) is 13.8 Å². The van der Waals surface area contributed by atoms with Crippen LogP contribution in [0.15, 0.2) is 5.38 Å². The summed E-state index contributed by atoms with van der Waals surface area (Å²) >= 11 is 3.66. The van der Waals surface area contributed by atoms with Gasteiger partial charge in [0.1, 0.15) is 5.01 Å². The first kappa shape index (κ1) is 12.0. The van der Waals surface area contributed by atoms with E-state index in [0.29, 0.717) is 5.92 Å². The Morgan fingerprint density at radius 1 is 1.57 bits per heavy atom. The predicted octanol–water partition coefficient (Wildman–Crippen LogP) is 2.85. The molecule has 2 nitrogen and oxygen atoms in total. The zero-order chi connectivity index (χ0) is 10.6. The SMILES string of the molecule is CCSCc1nc(C(C)C(C)N)cs1. The number of nitrogens with two attached hydrogens (primary N) is 1. The molecule has 80 valence electrons. The Morgan fingerprint density at radius 3 is 2.86 bits per heavy atom. The van der Waals surface area contributed by atoms with Crippen molar-refractivity contribution in [1.29, 1.82) is 0 Å². The van der Waals surface area contributed by atoms with Gasteiger partial charge in [-0.3, -0.25) is 0 Å². The lowest BCUT2D eigenvalue weighted by atomic mass is 10.0. The van der Waals surface area contributed by atoms with Crippen molar-refractivity contribution < 1.29 is 0 Å². The largest absolute Gasteiger partial charge is 0.327 e. The summed E-state index contributed by atoms with van der Waals surface area (Å²) in [6.07, 6.45) is 0. The van der Waals surface area contributed by atoms with Crippen LogP contribution in [0.1, 0.15) is 37.4 Å². The number of aromatic nitrogens is 1. The monoisotopic (exact) mass is 230 g/mol. The number of hydrogen-bond acceptors (Lipinski definition) is 4. The summed E-state index contributed by atoms with van der Waals surface area (Å²) in [6, 6.07) is 0.184. The van der Waals surface area contributed by atoms with E-state index >= 15 is 0 Å². The molecule has 0 saturated heterocycles. The van der Waals surface area contributed by atoms with Crippen molar-refractivity contribution in [1.82, 2.24) is 4.98 Å². The molecule has 0 saturated carbocycles. The van der Waals surface area contributed by atoms with Gasteiger partial charge in [-0.05, 0) is 12.7 Å². The first-order valence-corrected chi connectivity index (χ1v) is 6.96. The number of thiazole rings is 1. The Kier molecular flexibility index (Phi) is 4.92. The Bertz CT molecular complexity index is 271. The summed E-state index contributed by atoms with van der Waals surface area (Å²) in [7, 11) is 0. The maximum absolute atomic E-state index is 5.84. The van der Waals surface area contributed by atoms with Crippen LogP contribution in [0.5, 0.6) is 0 Å². The predicted molar refractivity (Wildman–Crippen MR) is 66.0 cm³/mol. The molecule has 0 bridgehead atoms. The third-order valence-corrected chi connectivity index (χ3v) is 4.19. The van der Waals surface area contributed by atoms with Gasteiger partial charge in [-0.2, -0.15) is 11.8 Å². The zero-order valence-corrected chi connectivity index (χ0v) is 10.6. The fourth-order valence-corrected chi connectivity index (χ4v) is 2.71. The lowest BCUT2D eigenvalue weighted by molar-refractivity contribution is 0.600. The van der Waals surface area contributed by atoms with Gasteiger partial charge >= 0.3 is 0 Å². The van der Waals surface area contributed by atoms with Crippen molar-refractivity contribution in [2.24, 2.45) is 5.73 Å². The third-order valence-electron chi connectivity index (χ3n) is 2.25. The number of thioether (sulfide) groups is 1. The van der Waals surface area contributed by atoms with Crippen LogP contribution in [-0.2, 0) is 5.75 Å². The minimum atomic E-state index is 0.184. The quantitative estimate of drug-likeness (QED) is 0.845. The van der Waals surface area contributed by atoms with E-state index in [9.17, 15) is 0 Å². The van der Waals surface area contributed by atoms with Gasteiger partial charge in [0.15, 0.2) is 0 Å². The smallest absolute Gasteiger partial charge is 0.103 e. The molecule has 1 aromatic heterocycles. The first-order chi connectivity index (χ1) is 6.65. The van der Waals surface area contributed by atoms with Crippen molar-refractivity contribution in [2.75, 3.05) is 5.75 Å². The average Bonchev–Trinajstić information content (AvgIpc) is 2.61. The van der Waals surface area contributed by atoms with Crippen LogP contribution >= 0.6 is 23.1 Å². The molecule has 0 spiro atoms. The molecule has 0 aromatic carbocycles. The van der Waals surface area contributed by atoms with Gasteiger partial charge < -0.3 is 5.73 Å².